The fourth-order valence-electron chi connectivity index (χ4n) is 0.766. The summed E-state index contributed by atoms with van der Waals surface area (Å²) < 4.78 is 37.0. The lowest BCUT2D eigenvalue weighted by atomic mass is 10.2. The third-order valence-electron chi connectivity index (χ3n) is 1.35. The van der Waals surface area contributed by atoms with Crippen LogP contribution in [0.25, 0.3) is 0 Å². The largest absolute Gasteiger partial charge is 0.266 e. The molecule has 0 saturated carbocycles. The summed E-state index contributed by atoms with van der Waals surface area (Å²) in [5.74, 6) is -1.21. The van der Waals surface area contributed by atoms with Gasteiger partial charge in [-0.1, -0.05) is 0 Å². The second-order valence-electron chi connectivity index (χ2n) is 2.10. The van der Waals surface area contributed by atoms with Crippen molar-refractivity contribution in [3.8, 4) is 0 Å². The molecule has 0 aliphatic heterocycles. The van der Waals surface area contributed by atoms with E-state index in [1.165, 1.54) is 0 Å². The number of pyridine rings is 1. The third kappa shape index (κ3) is 1.69. The van der Waals surface area contributed by atoms with Crippen LogP contribution < -0.4 is 0 Å². The summed E-state index contributed by atoms with van der Waals surface area (Å²) in [6, 6.07) is 0.941. The molecule has 0 aliphatic carbocycles. The molecule has 0 fully saturated rings. The molecule has 0 bridgehead atoms. The van der Waals surface area contributed by atoms with Crippen LogP contribution in [0.5, 0.6) is 0 Å². The van der Waals surface area contributed by atoms with E-state index in [4.69, 9.17) is 11.6 Å². The lowest BCUT2D eigenvalue weighted by Crippen LogP contribution is -1.98. The van der Waals surface area contributed by atoms with E-state index in [0.717, 1.165) is 12.3 Å². The Balaban J connectivity index is 3.14. The van der Waals surface area contributed by atoms with Crippen LogP contribution in [-0.2, 0) is 5.88 Å². The Bertz CT molecular complexity index is 277. The topological polar surface area (TPSA) is 12.9 Å². The smallest absolute Gasteiger partial charge is 0.257 e. The monoisotopic (exact) mass is 195 g/mol. The Morgan fingerprint density at radius 1 is 1.50 bits per heavy atom. The van der Waals surface area contributed by atoms with Crippen molar-refractivity contribution in [2.75, 3.05) is 0 Å². The Morgan fingerprint density at radius 3 is 2.67 bits per heavy atom. The molecule has 1 nitrogen and oxygen atoms in total. The van der Waals surface area contributed by atoms with Crippen LogP contribution in [0.15, 0.2) is 12.3 Å². The maximum atomic E-state index is 12.9. The highest BCUT2D eigenvalue weighted by Gasteiger charge is 2.15. The van der Waals surface area contributed by atoms with Crippen LogP contribution in [-0.4, -0.2) is 4.98 Å². The minimum atomic E-state index is -2.82. The number of alkyl halides is 3. The molecule has 0 saturated heterocycles. The van der Waals surface area contributed by atoms with Gasteiger partial charge < -0.3 is 0 Å². The van der Waals surface area contributed by atoms with E-state index in [-0.39, 0.29) is 11.6 Å². The summed E-state index contributed by atoms with van der Waals surface area (Å²) in [7, 11) is 0. The Kier molecular flexibility index (Phi) is 2.92. The summed E-state index contributed by atoms with van der Waals surface area (Å²) in [6.45, 7) is 0. The summed E-state index contributed by atoms with van der Waals surface area (Å²) in [5, 5.41) is 0. The molecule has 1 heterocycles. The van der Waals surface area contributed by atoms with E-state index in [0.29, 0.717) is 0 Å². The third-order valence-corrected chi connectivity index (χ3v) is 1.61. The standard InChI is InChI=1S/C7H5ClF3N/c8-3-5-6(9)4(7(10)11)1-2-12-5/h1-2,7H,3H2. The molecular weight excluding hydrogens is 191 g/mol. The van der Waals surface area contributed by atoms with Gasteiger partial charge in [-0.3, -0.25) is 4.98 Å². The molecule has 1 rings (SSSR count). The molecule has 12 heavy (non-hydrogen) atoms. The van der Waals surface area contributed by atoms with Gasteiger partial charge in [0.05, 0.1) is 17.1 Å². The van der Waals surface area contributed by atoms with Gasteiger partial charge in [0.15, 0.2) is 5.82 Å². The van der Waals surface area contributed by atoms with Crippen LogP contribution in [0.2, 0.25) is 0 Å². The zero-order chi connectivity index (χ0) is 9.14. The average Bonchev–Trinajstić information content (AvgIpc) is 2.04. The van der Waals surface area contributed by atoms with Crippen LogP contribution in [0.3, 0.4) is 0 Å². The summed E-state index contributed by atoms with van der Waals surface area (Å²) >= 11 is 5.26. The van der Waals surface area contributed by atoms with E-state index in [1.807, 2.05) is 0 Å². The van der Waals surface area contributed by atoms with Gasteiger partial charge in [-0.15, -0.1) is 11.6 Å². The SMILES string of the molecule is Fc1c(C(F)F)ccnc1CCl. The van der Waals surface area contributed by atoms with Gasteiger partial charge in [0.1, 0.15) is 0 Å². The zero-order valence-electron chi connectivity index (χ0n) is 5.90. The van der Waals surface area contributed by atoms with Gasteiger partial charge in [-0.25, -0.2) is 13.2 Å². The van der Waals surface area contributed by atoms with Gasteiger partial charge in [-0.2, -0.15) is 0 Å². The van der Waals surface area contributed by atoms with E-state index in [1.54, 1.807) is 0 Å². The van der Waals surface area contributed by atoms with Gasteiger partial charge in [0, 0.05) is 6.20 Å². The fraction of sp³-hybridized carbons (Fsp3) is 0.286. The quantitative estimate of drug-likeness (QED) is 0.662. The first-order valence-electron chi connectivity index (χ1n) is 3.14. The van der Waals surface area contributed by atoms with Crippen molar-refractivity contribution in [3.05, 3.63) is 29.3 Å². The van der Waals surface area contributed by atoms with Crippen molar-refractivity contribution < 1.29 is 13.2 Å². The first-order chi connectivity index (χ1) is 5.66. The van der Waals surface area contributed by atoms with Crippen LogP contribution in [0, 0.1) is 5.82 Å². The van der Waals surface area contributed by atoms with Crippen LogP contribution in [0.4, 0.5) is 13.2 Å². The molecule has 0 aliphatic rings. The normalized spacial score (nSPS) is 10.8. The van der Waals surface area contributed by atoms with Gasteiger partial charge in [0.2, 0.25) is 0 Å². The highest BCUT2D eigenvalue weighted by Crippen LogP contribution is 2.23. The van der Waals surface area contributed by atoms with Gasteiger partial charge in [-0.05, 0) is 6.07 Å². The van der Waals surface area contributed by atoms with Crippen LogP contribution >= 0.6 is 11.6 Å². The molecule has 0 aromatic carbocycles. The lowest BCUT2D eigenvalue weighted by molar-refractivity contribution is 0.146. The fourth-order valence-corrected chi connectivity index (χ4v) is 0.952. The second-order valence-corrected chi connectivity index (χ2v) is 2.36. The predicted octanol–water partition coefficient (Wildman–Crippen LogP) is 2.90. The summed E-state index contributed by atoms with van der Waals surface area (Å²) in [5.41, 5.74) is -0.796. The Morgan fingerprint density at radius 2 is 2.17 bits per heavy atom. The van der Waals surface area contributed by atoms with Crippen LogP contribution in [0.1, 0.15) is 17.7 Å². The van der Waals surface area contributed by atoms with Crippen molar-refractivity contribution in [3.63, 3.8) is 0 Å². The van der Waals surface area contributed by atoms with Crippen molar-refractivity contribution in [1.82, 2.24) is 4.98 Å². The molecule has 66 valence electrons. The molecule has 0 atom stereocenters. The molecular formula is C7H5ClF3N. The number of aromatic nitrogens is 1. The number of rotatable bonds is 2. The van der Waals surface area contributed by atoms with E-state index in [2.05, 4.69) is 4.98 Å². The van der Waals surface area contributed by atoms with E-state index in [9.17, 15) is 13.2 Å². The van der Waals surface area contributed by atoms with Gasteiger partial charge in [0.25, 0.3) is 6.43 Å². The maximum absolute atomic E-state index is 12.9. The van der Waals surface area contributed by atoms with Gasteiger partial charge >= 0.3 is 0 Å². The molecule has 5 heteroatoms. The molecule has 0 spiro atoms. The lowest BCUT2D eigenvalue weighted by Gasteiger charge is -2.03. The van der Waals surface area contributed by atoms with E-state index < -0.39 is 17.8 Å². The molecule has 0 radical (unpaired) electrons. The highest BCUT2D eigenvalue weighted by molar-refractivity contribution is 6.16. The van der Waals surface area contributed by atoms with Crippen molar-refractivity contribution in [2.24, 2.45) is 0 Å². The first kappa shape index (κ1) is 9.32. The maximum Gasteiger partial charge on any atom is 0.266 e. The average molecular weight is 196 g/mol. The predicted molar refractivity (Wildman–Crippen MR) is 38.7 cm³/mol. The minimum absolute atomic E-state index is 0.144. The Hall–Kier alpha value is -0.770. The van der Waals surface area contributed by atoms with Crippen molar-refractivity contribution in [1.29, 1.82) is 0 Å². The summed E-state index contributed by atoms with van der Waals surface area (Å²) in [6.07, 6.45) is -1.71. The highest BCUT2D eigenvalue weighted by atomic mass is 35.5. The van der Waals surface area contributed by atoms with Crippen molar-refractivity contribution >= 4 is 11.6 Å². The molecule has 0 amide bonds. The van der Waals surface area contributed by atoms with Crippen molar-refractivity contribution in [2.45, 2.75) is 12.3 Å². The molecule has 0 N–H and O–H groups in total. The number of halogens is 4. The first-order valence-corrected chi connectivity index (χ1v) is 3.67. The molecule has 1 aromatic rings. The number of hydrogen-bond acceptors (Lipinski definition) is 1. The second kappa shape index (κ2) is 3.76. The minimum Gasteiger partial charge on any atom is -0.257 e. The van der Waals surface area contributed by atoms with E-state index >= 15 is 0 Å². The molecule has 0 unspecified atom stereocenters. The number of hydrogen-bond donors (Lipinski definition) is 0. The summed E-state index contributed by atoms with van der Waals surface area (Å²) in [4.78, 5) is 3.50. The Labute approximate surface area is 72.2 Å². The molecule has 1 aromatic heterocycles. The number of nitrogens with zero attached hydrogens (tertiary/aromatic N) is 1. The zero-order valence-corrected chi connectivity index (χ0v) is 6.65.